The van der Waals surface area contributed by atoms with E-state index >= 15 is 0 Å². The van der Waals surface area contributed by atoms with Crippen LogP contribution >= 0.6 is 0 Å². The number of anilines is 2. The van der Waals surface area contributed by atoms with Gasteiger partial charge in [-0.3, -0.25) is 24.8 Å². The lowest BCUT2D eigenvalue weighted by Crippen LogP contribution is -2.41. The number of carbonyl (C=O) groups excluding carboxylic acids is 2. The van der Waals surface area contributed by atoms with E-state index < -0.39 is 18.0 Å². The van der Waals surface area contributed by atoms with E-state index in [0.717, 1.165) is 11.1 Å². The molecule has 2 aromatic carbocycles. The number of amides is 2. The van der Waals surface area contributed by atoms with Crippen molar-refractivity contribution in [2.45, 2.75) is 58.7 Å². The van der Waals surface area contributed by atoms with Gasteiger partial charge in [0, 0.05) is 19.6 Å². The summed E-state index contributed by atoms with van der Waals surface area (Å²) in [6, 6.07) is 5.64. The van der Waals surface area contributed by atoms with Gasteiger partial charge in [-0.05, 0) is 53.6 Å². The van der Waals surface area contributed by atoms with Gasteiger partial charge in [-0.1, -0.05) is 26.3 Å². The fourth-order valence-electron chi connectivity index (χ4n) is 5.44. The minimum absolute atomic E-state index is 0.107. The monoisotopic (exact) mass is 608 g/mol. The lowest BCUT2D eigenvalue weighted by atomic mass is 9.95. The predicted molar refractivity (Wildman–Crippen MR) is 165 cm³/mol. The Balaban J connectivity index is 1.83. The first-order chi connectivity index (χ1) is 21.1. The first-order valence-electron chi connectivity index (χ1n) is 14.4. The fraction of sp³-hybridized carbons (Fsp3) is 0.452. The van der Waals surface area contributed by atoms with Gasteiger partial charge in [0.2, 0.25) is 28.9 Å². The summed E-state index contributed by atoms with van der Waals surface area (Å²) in [6.45, 7) is 5.54. The van der Waals surface area contributed by atoms with Crippen molar-refractivity contribution in [3.63, 3.8) is 0 Å². The third kappa shape index (κ3) is 6.77. The van der Waals surface area contributed by atoms with Crippen LogP contribution < -0.4 is 35.6 Å². The smallest absolute Gasteiger partial charge is 0.249 e. The molecule has 13 nitrogen and oxygen atoms in total. The molecular formula is C31H40N6O7. The normalized spacial score (nSPS) is 15.1. The van der Waals surface area contributed by atoms with Gasteiger partial charge in [0.25, 0.3) is 0 Å². The summed E-state index contributed by atoms with van der Waals surface area (Å²) >= 11 is 0. The summed E-state index contributed by atoms with van der Waals surface area (Å²) in [5.41, 5.74) is 2.84. The summed E-state index contributed by atoms with van der Waals surface area (Å²) in [6.07, 6.45) is 1.77. The molecule has 4 N–H and O–H groups in total. The Morgan fingerprint density at radius 3 is 2.48 bits per heavy atom. The molecule has 3 unspecified atom stereocenters. The quantitative estimate of drug-likeness (QED) is 0.239. The van der Waals surface area contributed by atoms with Gasteiger partial charge in [0.15, 0.2) is 17.3 Å². The molecule has 0 fully saturated rings. The van der Waals surface area contributed by atoms with Crippen LogP contribution in [0, 0.1) is 5.92 Å². The van der Waals surface area contributed by atoms with Crippen molar-refractivity contribution in [3.8, 4) is 28.4 Å². The van der Waals surface area contributed by atoms with Crippen molar-refractivity contribution in [3.05, 3.63) is 51.4 Å². The largest absolute Gasteiger partial charge is 0.493 e. The van der Waals surface area contributed by atoms with Crippen LogP contribution in [-0.4, -0.2) is 61.5 Å². The Bertz CT molecular complexity index is 1570. The minimum atomic E-state index is -0.781. The van der Waals surface area contributed by atoms with Gasteiger partial charge >= 0.3 is 0 Å². The van der Waals surface area contributed by atoms with Crippen LogP contribution in [0.2, 0.25) is 0 Å². The second-order valence-electron chi connectivity index (χ2n) is 10.6. The zero-order valence-electron chi connectivity index (χ0n) is 26.1. The van der Waals surface area contributed by atoms with Crippen LogP contribution in [0.5, 0.6) is 17.2 Å². The van der Waals surface area contributed by atoms with Gasteiger partial charge < -0.3 is 29.6 Å². The number of carbonyl (C=O) groups is 2. The average molecular weight is 609 g/mol. The number of methoxy groups -OCH3 is 4. The molecule has 0 aliphatic heterocycles. The van der Waals surface area contributed by atoms with Gasteiger partial charge in [0.1, 0.15) is 12.6 Å². The summed E-state index contributed by atoms with van der Waals surface area (Å²) in [4.78, 5) is 43.7. The highest BCUT2D eigenvalue weighted by Crippen LogP contribution is 2.50. The Hall–Kier alpha value is -4.65. The lowest BCUT2D eigenvalue weighted by molar-refractivity contribution is -0.120. The molecule has 236 valence electrons. The van der Waals surface area contributed by atoms with Crippen molar-refractivity contribution in [2.24, 2.45) is 5.92 Å². The first kappa shape index (κ1) is 32.3. The number of aromatic nitrogens is 3. The molecule has 44 heavy (non-hydrogen) atoms. The molecule has 4 rings (SSSR count). The maximum absolute atomic E-state index is 13.8. The second-order valence-corrected chi connectivity index (χ2v) is 10.6. The molecule has 0 spiro atoms. The predicted octanol–water partition coefficient (Wildman–Crippen LogP) is 3.59. The SMILES string of the molecule is CCC(C)C(Nc1ccc2c(cc1=O)C(NC(C)=O)CCc1cc(OC)c(OC)c(OC)c1-2)C(=O)Nc1n[nH]c(COC)n1. The van der Waals surface area contributed by atoms with E-state index in [4.69, 9.17) is 18.9 Å². The zero-order valence-corrected chi connectivity index (χ0v) is 26.1. The first-order valence-corrected chi connectivity index (χ1v) is 14.4. The maximum atomic E-state index is 13.8. The summed E-state index contributed by atoms with van der Waals surface area (Å²) < 4.78 is 22.2. The number of benzene rings is 1. The van der Waals surface area contributed by atoms with E-state index in [1.165, 1.54) is 27.2 Å². The molecule has 1 aromatic heterocycles. The van der Waals surface area contributed by atoms with E-state index in [9.17, 15) is 14.4 Å². The van der Waals surface area contributed by atoms with Gasteiger partial charge in [0.05, 0.1) is 33.1 Å². The van der Waals surface area contributed by atoms with Crippen molar-refractivity contribution in [1.29, 1.82) is 0 Å². The van der Waals surface area contributed by atoms with Crippen molar-refractivity contribution >= 4 is 23.5 Å². The van der Waals surface area contributed by atoms with Gasteiger partial charge in [-0.25, -0.2) is 0 Å². The van der Waals surface area contributed by atoms with E-state index in [0.29, 0.717) is 53.5 Å². The molecule has 1 heterocycles. The third-order valence-electron chi connectivity index (χ3n) is 7.77. The summed E-state index contributed by atoms with van der Waals surface area (Å²) in [5.74, 6) is 1.19. The van der Waals surface area contributed by atoms with Gasteiger partial charge in [-0.2, -0.15) is 4.98 Å². The summed E-state index contributed by atoms with van der Waals surface area (Å²) in [7, 11) is 6.17. The standard InChI is InChI=1S/C31H40N6O7/c1-8-16(2)27(30(40)35-31-34-25(15-41-4)36-37-31)33-22-12-10-19-20(14-23(22)39)21(32-17(3)38)11-9-18-13-24(42-5)28(43-6)29(44-7)26(18)19/h10,12-14,16,21,27H,8-9,11,15H2,1-7H3,(H,32,38)(H,33,39)(H2,34,35,36,37,40). The minimum Gasteiger partial charge on any atom is -0.493 e. The number of ether oxygens (including phenoxy) is 4. The number of rotatable bonds is 12. The molecule has 1 aliphatic rings. The number of hydrogen-bond donors (Lipinski definition) is 4. The van der Waals surface area contributed by atoms with Crippen molar-refractivity contribution < 1.29 is 28.5 Å². The average Bonchev–Trinajstić information content (AvgIpc) is 3.31. The van der Waals surface area contributed by atoms with Crippen molar-refractivity contribution in [2.75, 3.05) is 39.1 Å². The highest BCUT2D eigenvalue weighted by molar-refractivity contribution is 5.95. The number of hydrogen-bond acceptors (Lipinski definition) is 10. The molecule has 3 aromatic rings. The van der Waals surface area contributed by atoms with Crippen LogP contribution in [0.15, 0.2) is 29.1 Å². The molecule has 0 radical (unpaired) electrons. The molecule has 0 saturated carbocycles. The van der Waals surface area contributed by atoms with Crippen LogP contribution in [-0.2, 0) is 27.4 Å². The number of fused-ring (bicyclic) bond motifs is 3. The Labute approximate surface area is 256 Å². The third-order valence-corrected chi connectivity index (χ3v) is 7.77. The van der Waals surface area contributed by atoms with Crippen LogP contribution in [0.4, 0.5) is 11.6 Å². The van der Waals surface area contributed by atoms with Gasteiger partial charge in [-0.15, -0.1) is 5.10 Å². The van der Waals surface area contributed by atoms with Crippen LogP contribution in [0.3, 0.4) is 0 Å². The van der Waals surface area contributed by atoms with E-state index in [1.54, 1.807) is 20.3 Å². The summed E-state index contributed by atoms with van der Waals surface area (Å²) in [5, 5.41) is 15.7. The molecule has 13 heteroatoms. The Kier molecular flexibility index (Phi) is 10.4. The number of aryl methyl sites for hydroxylation is 1. The maximum Gasteiger partial charge on any atom is 0.249 e. The van der Waals surface area contributed by atoms with E-state index in [1.807, 2.05) is 26.0 Å². The molecule has 2 amide bonds. The zero-order chi connectivity index (χ0) is 32.0. The van der Waals surface area contributed by atoms with E-state index in [-0.39, 0.29) is 35.5 Å². The fourth-order valence-corrected chi connectivity index (χ4v) is 5.44. The number of H-pyrrole nitrogens is 1. The highest BCUT2D eigenvalue weighted by Gasteiger charge is 2.30. The number of nitrogens with one attached hydrogen (secondary N) is 4. The van der Waals surface area contributed by atoms with Crippen LogP contribution in [0.25, 0.3) is 11.1 Å². The van der Waals surface area contributed by atoms with Crippen LogP contribution in [0.1, 0.15) is 56.6 Å². The molecular weight excluding hydrogens is 568 g/mol. The second kappa shape index (κ2) is 14.2. The number of aromatic amines is 1. The molecule has 3 atom stereocenters. The lowest BCUT2D eigenvalue weighted by Gasteiger charge is -2.23. The number of nitrogens with zero attached hydrogens (tertiary/aromatic N) is 2. The Morgan fingerprint density at radius 2 is 1.84 bits per heavy atom. The molecule has 1 aliphatic carbocycles. The Morgan fingerprint density at radius 1 is 1.09 bits per heavy atom. The molecule has 0 bridgehead atoms. The van der Waals surface area contributed by atoms with Crippen molar-refractivity contribution in [1.82, 2.24) is 20.5 Å². The highest BCUT2D eigenvalue weighted by atomic mass is 16.5. The van der Waals surface area contributed by atoms with E-state index in [2.05, 4.69) is 31.1 Å². The topological polar surface area (TPSA) is 166 Å². The molecule has 0 saturated heterocycles.